The minimum atomic E-state index is 0.361. The molecule has 0 aromatic heterocycles. The Kier molecular flexibility index (Phi) is 4.07. The van der Waals surface area contributed by atoms with Crippen molar-refractivity contribution in [3.05, 3.63) is 35.9 Å². The van der Waals surface area contributed by atoms with E-state index in [0.717, 1.165) is 30.3 Å². The molecule has 0 amide bonds. The summed E-state index contributed by atoms with van der Waals surface area (Å²) in [6, 6.07) is 6.27. The second kappa shape index (κ2) is 6.14. The fourth-order valence-electron chi connectivity index (χ4n) is 2.96. The Morgan fingerprint density at radius 1 is 1.05 bits per heavy atom. The van der Waals surface area contributed by atoms with Crippen LogP contribution < -0.4 is 9.47 Å². The van der Waals surface area contributed by atoms with Crippen LogP contribution in [0.15, 0.2) is 30.4 Å². The molecule has 1 fully saturated rings. The molecule has 0 unspecified atom stereocenters. The van der Waals surface area contributed by atoms with Crippen molar-refractivity contribution in [2.24, 2.45) is 5.92 Å². The van der Waals surface area contributed by atoms with Crippen molar-refractivity contribution in [1.82, 2.24) is 0 Å². The Labute approximate surface area is 115 Å². The van der Waals surface area contributed by atoms with Crippen LogP contribution in [0.5, 0.6) is 11.5 Å². The van der Waals surface area contributed by atoms with Crippen LogP contribution in [-0.4, -0.2) is 6.79 Å². The van der Waals surface area contributed by atoms with E-state index in [1.54, 1.807) is 0 Å². The Morgan fingerprint density at radius 3 is 2.79 bits per heavy atom. The molecule has 1 aromatic rings. The van der Waals surface area contributed by atoms with Crippen molar-refractivity contribution >= 4 is 0 Å². The first kappa shape index (κ1) is 12.6. The first-order valence-corrected chi connectivity index (χ1v) is 7.47. The van der Waals surface area contributed by atoms with Crippen molar-refractivity contribution in [2.75, 3.05) is 6.79 Å². The zero-order chi connectivity index (χ0) is 12.9. The van der Waals surface area contributed by atoms with E-state index in [1.807, 2.05) is 6.07 Å². The molecule has 1 heterocycles. The molecule has 2 aliphatic rings. The summed E-state index contributed by atoms with van der Waals surface area (Å²) in [5.41, 5.74) is 1.33. The van der Waals surface area contributed by atoms with Crippen LogP contribution >= 0.6 is 0 Å². The summed E-state index contributed by atoms with van der Waals surface area (Å²) in [6.45, 7) is 0.361. The third kappa shape index (κ3) is 3.31. The summed E-state index contributed by atoms with van der Waals surface area (Å²) in [6.07, 6.45) is 14.0. The van der Waals surface area contributed by atoms with Gasteiger partial charge in [-0.3, -0.25) is 0 Å². The molecule has 3 rings (SSSR count). The van der Waals surface area contributed by atoms with Gasteiger partial charge >= 0.3 is 0 Å². The molecule has 1 aromatic carbocycles. The molecule has 0 bridgehead atoms. The number of hydrogen-bond acceptors (Lipinski definition) is 2. The van der Waals surface area contributed by atoms with Gasteiger partial charge in [0.2, 0.25) is 6.79 Å². The molecular weight excluding hydrogens is 236 g/mol. The number of benzene rings is 1. The van der Waals surface area contributed by atoms with Gasteiger partial charge in [0.25, 0.3) is 0 Å². The normalized spacial score (nSPS) is 19.2. The standard InChI is InChI=1S/C17H22O2/c1-2-6-14(7-3-1)8-4-5-9-15-10-11-16-17(12-15)19-13-18-16/h4,8,10-12,14H,1-3,5-7,9,13H2/b8-4+. The number of rotatable bonds is 4. The fourth-order valence-corrected chi connectivity index (χ4v) is 2.96. The third-order valence-corrected chi connectivity index (χ3v) is 4.09. The quantitative estimate of drug-likeness (QED) is 0.741. The number of allylic oxidation sites excluding steroid dienone is 2. The van der Waals surface area contributed by atoms with Crippen molar-refractivity contribution in [1.29, 1.82) is 0 Å². The maximum atomic E-state index is 5.40. The van der Waals surface area contributed by atoms with E-state index in [1.165, 1.54) is 37.7 Å². The lowest BCUT2D eigenvalue weighted by molar-refractivity contribution is 0.174. The highest BCUT2D eigenvalue weighted by Gasteiger charge is 2.13. The van der Waals surface area contributed by atoms with Gasteiger partial charge in [0.15, 0.2) is 11.5 Å². The Morgan fingerprint density at radius 2 is 1.89 bits per heavy atom. The summed E-state index contributed by atoms with van der Waals surface area (Å²) >= 11 is 0. The maximum absolute atomic E-state index is 5.40. The van der Waals surface area contributed by atoms with Gasteiger partial charge in [-0.2, -0.15) is 0 Å². The second-order valence-electron chi connectivity index (χ2n) is 5.55. The van der Waals surface area contributed by atoms with Crippen LogP contribution in [0, 0.1) is 5.92 Å². The number of aryl methyl sites for hydroxylation is 1. The Balaban J connectivity index is 1.48. The lowest BCUT2D eigenvalue weighted by Crippen LogP contribution is -2.02. The van der Waals surface area contributed by atoms with Crippen molar-refractivity contribution in [2.45, 2.75) is 44.9 Å². The van der Waals surface area contributed by atoms with Gasteiger partial charge in [-0.1, -0.05) is 37.5 Å². The van der Waals surface area contributed by atoms with E-state index in [4.69, 9.17) is 9.47 Å². The highest BCUT2D eigenvalue weighted by Crippen LogP contribution is 2.32. The van der Waals surface area contributed by atoms with Crippen LogP contribution in [-0.2, 0) is 6.42 Å². The number of fused-ring (bicyclic) bond motifs is 1. The van der Waals surface area contributed by atoms with Crippen molar-refractivity contribution in [3.8, 4) is 11.5 Å². The van der Waals surface area contributed by atoms with Gasteiger partial charge in [-0.25, -0.2) is 0 Å². The smallest absolute Gasteiger partial charge is 0.231 e. The minimum Gasteiger partial charge on any atom is -0.454 e. The average Bonchev–Trinajstić information content (AvgIpc) is 2.92. The molecule has 1 saturated carbocycles. The van der Waals surface area contributed by atoms with Crippen LogP contribution in [0.25, 0.3) is 0 Å². The lowest BCUT2D eigenvalue weighted by Gasteiger charge is -2.17. The molecule has 2 nitrogen and oxygen atoms in total. The van der Waals surface area contributed by atoms with E-state index in [0.29, 0.717) is 6.79 Å². The van der Waals surface area contributed by atoms with E-state index >= 15 is 0 Å². The van der Waals surface area contributed by atoms with Crippen molar-refractivity contribution in [3.63, 3.8) is 0 Å². The monoisotopic (exact) mass is 258 g/mol. The maximum Gasteiger partial charge on any atom is 0.231 e. The SMILES string of the molecule is C(=C\C1CCCCC1)/CCc1ccc2c(c1)OCO2. The molecule has 0 atom stereocenters. The largest absolute Gasteiger partial charge is 0.454 e. The summed E-state index contributed by atoms with van der Waals surface area (Å²) in [7, 11) is 0. The second-order valence-corrected chi connectivity index (χ2v) is 5.55. The fraction of sp³-hybridized carbons (Fsp3) is 0.529. The molecule has 0 spiro atoms. The number of ether oxygens (including phenoxy) is 2. The summed E-state index contributed by atoms with van der Waals surface area (Å²) in [5.74, 6) is 2.61. The van der Waals surface area contributed by atoms with Gasteiger partial charge in [0.1, 0.15) is 0 Å². The lowest BCUT2D eigenvalue weighted by atomic mass is 9.89. The summed E-state index contributed by atoms with van der Waals surface area (Å²) in [4.78, 5) is 0. The summed E-state index contributed by atoms with van der Waals surface area (Å²) in [5, 5.41) is 0. The average molecular weight is 258 g/mol. The minimum absolute atomic E-state index is 0.361. The molecule has 1 aliphatic carbocycles. The van der Waals surface area contributed by atoms with Crippen molar-refractivity contribution < 1.29 is 9.47 Å². The molecule has 1 aliphatic heterocycles. The zero-order valence-electron chi connectivity index (χ0n) is 11.4. The first-order chi connectivity index (χ1) is 9.42. The predicted molar refractivity (Wildman–Crippen MR) is 76.6 cm³/mol. The predicted octanol–water partition coefficient (Wildman–Crippen LogP) is 4.48. The molecule has 0 radical (unpaired) electrons. The first-order valence-electron chi connectivity index (χ1n) is 7.47. The van der Waals surface area contributed by atoms with Crippen LogP contribution in [0.3, 0.4) is 0 Å². The zero-order valence-corrected chi connectivity index (χ0v) is 11.4. The van der Waals surface area contributed by atoms with Gasteiger partial charge in [-0.05, 0) is 49.3 Å². The van der Waals surface area contributed by atoms with Gasteiger partial charge < -0.3 is 9.47 Å². The third-order valence-electron chi connectivity index (χ3n) is 4.09. The highest BCUT2D eigenvalue weighted by molar-refractivity contribution is 5.44. The van der Waals surface area contributed by atoms with Crippen LogP contribution in [0.4, 0.5) is 0 Å². The van der Waals surface area contributed by atoms with E-state index in [-0.39, 0.29) is 0 Å². The number of hydrogen-bond donors (Lipinski definition) is 0. The molecular formula is C17H22O2. The Bertz CT molecular complexity index is 445. The van der Waals surface area contributed by atoms with Gasteiger partial charge in [-0.15, -0.1) is 0 Å². The van der Waals surface area contributed by atoms with E-state index < -0.39 is 0 Å². The summed E-state index contributed by atoms with van der Waals surface area (Å²) < 4.78 is 10.7. The van der Waals surface area contributed by atoms with Gasteiger partial charge in [0, 0.05) is 0 Å². The molecule has 19 heavy (non-hydrogen) atoms. The highest BCUT2D eigenvalue weighted by atomic mass is 16.7. The molecule has 2 heteroatoms. The van der Waals surface area contributed by atoms with E-state index in [9.17, 15) is 0 Å². The molecule has 0 saturated heterocycles. The molecule has 102 valence electrons. The van der Waals surface area contributed by atoms with Gasteiger partial charge in [0.05, 0.1) is 0 Å². The topological polar surface area (TPSA) is 18.5 Å². The Hall–Kier alpha value is -1.44. The van der Waals surface area contributed by atoms with Crippen LogP contribution in [0.2, 0.25) is 0 Å². The molecule has 0 N–H and O–H groups in total. The van der Waals surface area contributed by atoms with Crippen LogP contribution in [0.1, 0.15) is 44.1 Å². The van der Waals surface area contributed by atoms with E-state index in [2.05, 4.69) is 24.3 Å².